The smallest absolute Gasteiger partial charge is 0.114 e. The predicted octanol–water partition coefficient (Wildman–Crippen LogP) is 3.49. The van der Waals surface area contributed by atoms with Gasteiger partial charge < -0.3 is 4.84 Å². The van der Waals surface area contributed by atoms with Crippen LogP contribution in [0, 0.1) is 5.92 Å². The van der Waals surface area contributed by atoms with E-state index in [1.807, 2.05) is 31.2 Å². The average molecular weight is 224 g/mol. The number of halogens is 1. The highest BCUT2D eigenvalue weighted by Gasteiger charge is 2.29. The van der Waals surface area contributed by atoms with Gasteiger partial charge in [-0.1, -0.05) is 28.9 Å². The third-order valence-electron chi connectivity index (χ3n) is 2.40. The summed E-state index contributed by atoms with van der Waals surface area (Å²) in [6.07, 6.45) is 2.43. The number of nitrogens with zero attached hydrogens (tertiary/aromatic N) is 1. The van der Waals surface area contributed by atoms with Crippen LogP contribution in [0.2, 0.25) is 5.02 Å². The van der Waals surface area contributed by atoms with Crippen LogP contribution in [0.15, 0.2) is 29.4 Å². The van der Waals surface area contributed by atoms with Crippen LogP contribution in [0.1, 0.15) is 25.3 Å². The largest absolute Gasteiger partial charge is 0.396 e. The number of oxime groups is 1. The maximum Gasteiger partial charge on any atom is 0.114 e. The topological polar surface area (TPSA) is 21.6 Å². The van der Waals surface area contributed by atoms with Crippen molar-refractivity contribution in [2.75, 3.05) is 6.61 Å². The van der Waals surface area contributed by atoms with Gasteiger partial charge in [0, 0.05) is 10.9 Å². The van der Waals surface area contributed by atoms with Gasteiger partial charge in [-0.2, -0.15) is 0 Å². The lowest BCUT2D eigenvalue weighted by Crippen LogP contribution is -2.04. The van der Waals surface area contributed by atoms with Crippen LogP contribution in [-0.4, -0.2) is 12.3 Å². The van der Waals surface area contributed by atoms with Crippen LogP contribution in [-0.2, 0) is 4.84 Å². The second-order valence-corrected chi connectivity index (χ2v) is 4.11. The molecule has 0 atom stereocenters. The van der Waals surface area contributed by atoms with Gasteiger partial charge in [0.2, 0.25) is 0 Å². The van der Waals surface area contributed by atoms with E-state index in [2.05, 4.69) is 5.16 Å². The Hall–Kier alpha value is -1.02. The average Bonchev–Trinajstić information content (AvgIpc) is 3.05. The lowest BCUT2D eigenvalue weighted by atomic mass is 10.1. The molecule has 0 radical (unpaired) electrons. The van der Waals surface area contributed by atoms with Crippen molar-refractivity contribution in [2.24, 2.45) is 11.1 Å². The molecule has 0 spiro atoms. The Bertz CT molecular complexity index is 354. The quantitative estimate of drug-likeness (QED) is 0.566. The molecule has 0 saturated heterocycles. The van der Waals surface area contributed by atoms with Crippen molar-refractivity contribution in [1.29, 1.82) is 0 Å². The van der Waals surface area contributed by atoms with Gasteiger partial charge in [0.15, 0.2) is 0 Å². The van der Waals surface area contributed by atoms with Crippen molar-refractivity contribution in [2.45, 2.75) is 19.8 Å². The minimum Gasteiger partial charge on any atom is -0.396 e. The van der Waals surface area contributed by atoms with Gasteiger partial charge in [0.05, 0.1) is 5.71 Å². The summed E-state index contributed by atoms with van der Waals surface area (Å²) in [5.41, 5.74) is 2.18. The lowest BCUT2D eigenvalue weighted by Gasteiger charge is -2.04. The minimum absolute atomic E-state index is 0.581. The monoisotopic (exact) mass is 223 g/mol. The molecule has 2 rings (SSSR count). The molecule has 0 bridgehead atoms. The lowest BCUT2D eigenvalue weighted by molar-refractivity contribution is 0.158. The van der Waals surface area contributed by atoms with Crippen molar-refractivity contribution in [3.8, 4) is 0 Å². The molecule has 2 nitrogen and oxygen atoms in total. The molecule has 0 heterocycles. The van der Waals surface area contributed by atoms with E-state index in [0.29, 0.717) is 12.5 Å². The van der Waals surface area contributed by atoms with Crippen molar-refractivity contribution in [3.05, 3.63) is 34.9 Å². The van der Waals surface area contributed by atoms with Gasteiger partial charge in [-0.3, -0.25) is 0 Å². The fourth-order valence-corrected chi connectivity index (χ4v) is 1.60. The molecular formula is C12H14ClNO. The summed E-state index contributed by atoms with van der Waals surface area (Å²) in [6.45, 7) is 2.56. The van der Waals surface area contributed by atoms with Gasteiger partial charge in [-0.05, 0) is 37.5 Å². The zero-order valence-corrected chi connectivity index (χ0v) is 9.50. The summed E-state index contributed by atoms with van der Waals surface area (Å²) < 4.78 is 0. The molecule has 0 aromatic heterocycles. The second-order valence-electron chi connectivity index (χ2n) is 3.68. The van der Waals surface area contributed by atoms with Crippen molar-refractivity contribution < 1.29 is 4.84 Å². The highest BCUT2D eigenvalue weighted by molar-refractivity contribution is 6.30. The van der Waals surface area contributed by atoms with E-state index in [1.54, 1.807) is 0 Å². The molecule has 3 heteroatoms. The molecule has 1 fully saturated rings. The first-order chi connectivity index (χ1) is 7.31. The van der Waals surface area contributed by atoms with E-state index in [0.717, 1.165) is 16.3 Å². The van der Waals surface area contributed by atoms with Crippen LogP contribution in [0.5, 0.6) is 0 Å². The fourth-order valence-electron chi connectivity index (χ4n) is 1.47. The third-order valence-corrected chi connectivity index (χ3v) is 2.65. The molecular weight excluding hydrogens is 210 g/mol. The Kier molecular flexibility index (Phi) is 3.27. The van der Waals surface area contributed by atoms with Gasteiger partial charge >= 0.3 is 0 Å². The number of hydrogen-bond donors (Lipinski definition) is 0. The maximum absolute atomic E-state index is 5.84. The standard InChI is InChI=1S/C12H14ClNO/c1-2-15-14-12(9-3-4-9)10-5-7-11(13)8-6-10/h5-9H,2-4H2,1H3/b14-12+. The first-order valence-corrected chi connectivity index (χ1v) is 5.65. The van der Waals surface area contributed by atoms with E-state index >= 15 is 0 Å². The van der Waals surface area contributed by atoms with Crippen molar-refractivity contribution in [1.82, 2.24) is 0 Å². The van der Waals surface area contributed by atoms with Crippen LogP contribution >= 0.6 is 11.6 Å². The van der Waals surface area contributed by atoms with Gasteiger partial charge in [-0.15, -0.1) is 0 Å². The van der Waals surface area contributed by atoms with Crippen LogP contribution in [0.3, 0.4) is 0 Å². The SMILES string of the molecule is CCO/N=C(/c1ccc(Cl)cc1)C1CC1. The Morgan fingerprint density at radius 1 is 1.40 bits per heavy atom. The number of rotatable bonds is 4. The highest BCUT2D eigenvalue weighted by atomic mass is 35.5. The van der Waals surface area contributed by atoms with E-state index in [1.165, 1.54) is 12.8 Å². The summed E-state index contributed by atoms with van der Waals surface area (Å²) in [7, 11) is 0. The van der Waals surface area contributed by atoms with E-state index in [-0.39, 0.29) is 0 Å². The van der Waals surface area contributed by atoms with Gasteiger partial charge in [0.25, 0.3) is 0 Å². The Balaban J connectivity index is 2.20. The molecule has 0 N–H and O–H groups in total. The summed E-state index contributed by atoms with van der Waals surface area (Å²) >= 11 is 5.84. The molecule has 0 amide bonds. The Morgan fingerprint density at radius 3 is 2.60 bits per heavy atom. The second kappa shape index (κ2) is 4.67. The molecule has 0 aliphatic heterocycles. The fraction of sp³-hybridized carbons (Fsp3) is 0.417. The van der Waals surface area contributed by atoms with Crippen LogP contribution < -0.4 is 0 Å². The summed E-state index contributed by atoms with van der Waals surface area (Å²) in [4.78, 5) is 5.14. The number of hydrogen-bond acceptors (Lipinski definition) is 2. The molecule has 1 aromatic rings. The minimum atomic E-state index is 0.581. The summed E-state index contributed by atoms with van der Waals surface area (Å²) in [5.74, 6) is 0.581. The molecule has 1 aromatic carbocycles. The zero-order chi connectivity index (χ0) is 10.7. The van der Waals surface area contributed by atoms with Gasteiger partial charge in [0.1, 0.15) is 6.61 Å². The molecule has 1 aliphatic rings. The van der Waals surface area contributed by atoms with Crippen LogP contribution in [0.25, 0.3) is 0 Å². The van der Waals surface area contributed by atoms with Crippen molar-refractivity contribution >= 4 is 17.3 Å². The normalized spacial score (nSPS) is 16.5. The summed E-state index contributed by atoms with van der Waals surface area (Å²) in [6, 6.07) is 7.78. The predicted molar refractivity (Wildman–Crippen MR) is 62.3 cm³/mol. The van der Waals surface area contributed by atoms with Crippen LogP contribution in [0.4, 0.5) is 0 Å². The highest BCUT2D eigenvalue weighted by Crippen LogP contribution is 2.33. The van der Waals surface area contributed by atoms with E-state index < -0.39 is 0 Å². The molecule has 1 aliphatic carbocycles. The first kappa shape index (κ1) is 10.5. The van der Waals surface area contributed by atoms with E-state index in [4.69, 9.17) is 16.4 Å². The molecule has 0 unspecified atom stereocenters. The van der Waals surface area contributed by atoms with Gasteiger partial charge in [-0.25, -0.2) is 0 Å². The zero-order valence-electron chi connectivity index (χ0n) is 8.74. The van der Waals surface area contributed by atoms with E-state index in [9.17, 15) is 0 Å². The third kappa shape index (κ3) is 2.72. The summed E-state index contributed by atoms with van der Waals surface area (Å²) in [5, 5.41) is 4.93. The Labute approximate surface area is 94.9 Å². The molecule has 80 valence electrons. The molecule has 15 heavy (non-hydrogen) atoms. The molecule has 1 saturated carbocycles. The Morgan fingerprint density at radius 2 is 2.07 bits per heavy atom. The number of benzene rings is 1. The first-order valence-electron chi connectivity index (χ1n) is 5.27. The van der Waals surface area contributed by atoms with Crippen molar-refractivity contribution in [3.63, 3.8) is 0 Å². The maximum atomic E-state index is 5.84.